The molecule has 184 valence electrons. The number of hydrogen-bond acceptors (Lipinski definition) is 6. The van der Waals surface area contributed by atoms with Crippen LogP contribution in [0.5, 0.6) is 0 Å². The Morgan fingerprint density at radius 1 is 0.594 bits per heavy atom. The third-order valence-corrected chi connectivity index (χ3v) is 25.4. The number of hydrogen-bond donors (Lipinski definition) is 0. The fourth-order valence-corrected chi connectivity index (χ4v) is 29.3. The van der Waals surface area contributed by atoms with Crippen molar-refractivity contribution in [3.63, 3.8) is 0 Å². The summed E-state index contributed by atoms with van der Waals surface area (Å²) >= 11 is 0. The maximum Gasteiger partial charge on any atom is 0.317 e. The van der Waals surface area contributed by atoms with E-state index in [2.05, 4.69) is 39.3 Å². The van der Waals surface area contributed by atoms with Gasteiger partial charge in [0.25, 0.3) is 0 Å². The molecule has 32 heavy (non-hydrogen) atoms. The van der Waals surface area contributed by atoms with Crippen LogP contribution in [0.4, 0.5) is 0 Å². The van der Waals surface area contributed by atoms with Crippen LogP contribution >= 0.6 is 0 Å². The van der Waals surface area contributed by atoms with Gasteiger partial charge >= 0.3 is 34.2 Å². The molecule has 6 fully saturated rings. The quantitative estimate of drug-likeness (QED) is 0.342. The summed E-state index contributed by atoms with van der Waals surface area (Å²) in [5.41, 5.74) is 0. The Bertz CT molecular complexity index is 701. The lowest BCUT2D eigenvalue weighted by atomic mass is 9.79. The smallest absolute Gasteiger partial charge is 0.317 e. The Morgan fingerprint density at radius 2 is 1.25 bits per heavy atom. The summed E-state index contributed by atoms with van der Waals surface area (Å²) in [4.78, 5) is 0. The Labute approximate surface area is 199 Å². The molecule has 0 aromatic rings. The van der Waals surface area contributed by atoms with Crippen LogP contribution in [0.3, 0.4) is 0 Å². The van der Waals surface area contributed by atoms with Crippen molar-refractivity contribution in [1.29, 1.82) is 0 Å². The van der Waals surface area contributed by atoms with E-state index < -0.39 is 34.2 Å². The summed E-state index contributed by atoms with van der Waals surface area (Å²) in [6.45, 7) is 13.3. The average molecular weight is 517 g/mol. The summed E-state index contributed by atoms with van der Waals surface area (Å²) in [5.74, 6) is 1.41. The molecular weight excluding hydrogens is 473 g/mol. The van der Waals surface area contributed by atoms with Crippen molar-refractivity contribution in [3.8, 4) is 0 Å². The molecule has 2 bridgehead atoms. The van der Waals surface area contributed by atoms with E-state index in [1.54, 1.807) is 0 Å². The van der Waals surface area contributed by atoms with E-state index in [1.807, 2.05) is 0 Å². The highest BCUT2D eigenvalue weighted by molar-refractivity contribution is 6.93. The van der Waals surface area contributed by atoms with Crippen LogP contribution < -0.4 is 0 Å². The lowest BCUT2D eigenvalue weighted by Crippen LogP contribution is -2.66. The van der Waals surface area contributed by atoms with Crippen molar-refractivity contribution in [2.24, 2.45) is 11.8 Å². The molecule has 4 heterocycles. The van der Waals surface area contributed by atoms with Crippen LogP contribution in [-0.2, 0) is 25.9 Å². The predicted molar refractivity (Wildman–Crippen MR) is 133 cm³/mol. The third-order valence-electron chi connectivity index (χ3n) is 8.18. The molecule has 0 N–H and O–H groups in total. The predicted octanol–water partition coefficient (Wildman–Crippen LogP) is 5.53. The minimum absolute atomic E-state index is 0.479. The van der Waals surface area contributed by atoms with Gasteiger partial charge in [0, 0.05) is 6.42 Å². The van der Waals surface area contributed by atoms with E-state index in [9.17, 15) is 0 Å². The highest BCUT2D eigenvalue weighted by Crippen LogP contribution is 2.45. The molecule has 0 aromatic heterocycles. The van der Waals surface area contributed by atoms with Gasteiger partial charge in [-0.1, -0.05) is 0 Å². The van der Waals surface area contributed by atoms with Crippen LogP contribution in [0.25, 0.3) is 0 Å². The molecule has 10 heteroatoms. The van der Waals surface area contributed by atoms with Crippen LogP contribution in [0.15, 0.2) is 0 Å². The molecule has 0 radical (unpaired) electrons. The molecular formula is C22H44O6Si4. The Kier molecular flexibility index (Phi) is 6.56. The summed E-state index contributed by atoms with van der Waals surface area (Å²) in [6.07, 6.45) is 12.0. The number of fused-ring (bicyclic) bond motifs is 3. The van der Waals surface area contributed by atoms with E-state index >= 15 is 0 Å². The SMILES string of the molecule is C[Si]1(C)O[Si](C)(C)O[Si](C)(CCC2CCC3CC2O3)O[Si](C)(CCC2CCC3OC3C2)O1. The second-order valence-electron chi connectivity index (χ2n) is 12.3. The zero-order chi connectivity index (χ0) is 22.8. The fourth-order valence-electron chi connectivity index (χ4n) is 6.94. The first-order chi connectivity index (χ1) is 14.9. The van der Waals surface area contributed by atoms with E-state index in [1.165, 1.54) is 44.9 Å². The maximum absolute atomic E-state index is 7.16. The van der Waals surface area contributed by atoms with Crippen molar-refractivity contribution in [2.45, 2.75) is 127 Å². The van der Waals surface area contributed by atoms with Crippen molar-refractivity contribution in [3.05, 3.63) is 0 Å². The molecule has 4 aliphatic heterocycles. The third kappa shape index (κ3) is 5.71. The lowest BCUT2D eigenvalue weighted by molar-refractivity contribution is -0.185. The molecule has 8 atom stereocenters. The minimum atomic E-state index is -2.43. The van der Waals surface area contributed by atoms with Gasteiger partial charge in [0.2, 0.25) is 0 Å². The number of epoxide rings is 1. The zero-order valence-corrected chi connectivity index (χ0v) is 25.0. The van der Waals surface area contributed by atoms with Gasteiger partial charge in [-0.3, -0.25) is 0 Å². The molecule has 6 rings (SSSR count). The van der Waals surface area contributed by atoms with E-state index in [4.69, 9.17) is 25.9 Å². The first-order valence-electron chi connectivity index (χ1n) is 13.0. The highest BCUT2D eigenvalue weighted by Gasteiger charge is 2.55. The summed E-state index contributed by atoms with van der Waals surface area (Å²) in [5, 5.41) is 0. The molecule has 2 saturated carbocycles. The van der Waals surface area contributed by atoms with Crippen molar-refractivity contribution in [1.82, 2.24) is 0 Å². The Morgan fingerprint density at radius 3 is 1.84 bits per heavy atom. The van der Waals surface area contributed by atoms with E-state index in [0.29, 0.717) is 30.3 Å². The van der Waals surface area contributed by atoms with Gasteiger partial charge in [-0.15, -0.1) is 0 Å². The topological polar surface area (TPSA) is 58.7 Å². The second-order valence-corrected chi connectivity index (χ2v) is 26.7. The largest absolute Gasteiger partial charge is 0.416 e. The second kappa shape index (κ2) is 8.63. The van der Waals surface area contributed by atoms with Crippen molar-refractivity contribution < 1.29 is 25.9 Å². The molecule has 4 saturated heterocycles. The molecule has 0 spiro atoms. The van der Waals surface area contributed by atoms with Crippen LogP contribution in [0.1, 0.15) is 51.4 Å². The summed E-state index contributed by atoms with van der Waals surface area (Å²) in [7, 11) is -9.46. The van der Waals surface area contributed by atoms with Gasteiger partial charge in [0.05, 0.1) is 24.4 Å². The molecule has 8 unspecified atom stereocenters. The number of rotatable bonds is 6. The molecule has 6 nitrogen and oxygen atoms in total. The highest BCUT2D eigenvalue weighted by atomic mass is 28.5. The normalized spacial score (nSPS) is 49.3. The van der Waals surface area contributed by atoms with Gasteiger partial charge in [-0.25, -0.2) is 0 Å². The first kappa shape index (κ1) is 24.3. The standard InChI is InChI=1S/C22H44O6Si4/c1-29(2)25-30(3,4)27-32(6,14-12-18-8-9-19-16-21(18)23-19)28-31(5,26-29)13-11-17-7-10-20-22(15-17)24-20/h17-22H,7-16H2,1-6H3. The van der Waals surface area contributed by atoms with Gasteiger partial charge in [0.15, 0.2) is 0 Å². The number of ether oxygens (including phenoxy) is 2. The first-order valence-corrected chi connectivity index (χ1v) is 23.7. The zero-order valence-electron chi connectivity index (χ0n) is 21.0. The van der Waals surface area contributed by atoms with Gasteiger partial charge in [-0.05, 0) is 108 Å². The lowest BCUT2D eigenvalue weighted by Gasteiger charge is -2.50. The average Bonchev–Trinajstić information content (AvgIpc) is 3.40. The van der Waals surface area contributed by atoms with Gasteiger partial charge in [0.1, 0.15) is 0 Å². The maximum atomic E-state index is 7.16. The van der Waals surface area contributed by atoms with E-state index in [0.717, 1.165) is 24.4 Å². The Balaban J connectivity index is 1.27. The van der Waals surface area contributed by atoms with E-state index in [-0.39, 0.29) is 0 Å². The summed E-state index contributed by atoms with van der Waals surface area (Å²) in [6, 6.07) is 2.07. The fraction of sp³-hybridized carbons (Fsp3) is 1.00. The van der Waals surface area contributed by atoms with Crippen LogP contribution in [0, 0.1) is 11.8 Å². The van der Waals surface area contributed by atoms with Crippen LogP contribution in [0.2, 0.25) is 51.4 Å². The van der Waals surface area contributed by atoms with Crippen LogP contribution in [-0.4, -0.2) is 58.7 Å². The Hall–Kier alpha value is 0.628. The van der Waals surface area contributed by atoms with Gasteiger partial charge in [-0.2, -0.15) is 0 Å². The molecule has 2 aliphatic carbocycles. The minimum Gasteiger partial charge on any atom is -0.416 e. The van der Waals surface area contributed by atoms with Crippen molar-refractivity contribution >= 4 is 34.2 Å². The van der Waals surface area contributed by atoms with Crippen molar-refractivity contribution in [2.75, 3.05) is 0 Å². The monoisotopic (exact) mass is 516 g/mol. The molecule has 0 amide bonds. The molecule has 0 aromatic carbocycles. The van der Waals surface area contributed by atoms with Gasteiger partial charge < -0.3 is 25.9 Å². The molecule has 6 aliphatic rings. The summed E-state index contributed by atoms with van der Waals surface area (Å²) < 4.78 is 39.5.